The summed E-state index contributed by atoms with van der Waals surface area (Å²) in [6.45, 7) is 0.588. The third-order valence-corrected chi connectivity index (χ3v) is 3.60. The van der Waals surface area contributed by atoms with Gasteiger partial charge in [-0.25, -0.2) is 0 Å². The predicted molar refractivity (Wildman–Crippen MR) is 91.5 cm³/mol. The van der Waals surface area contributed by atoms with Crippen LogP contribution in [0.5, 0.6) is 0 Å². The van der Waals surface area contributed by atoms with Crippen LogP contribution in [-0.2, 0) is 25.5 Å². The molecule has 2 aromatic rings. The van der Waals surface area contributed by atoms with Gasteiger partial charge in [-0.15, -0.1) is 0 Å². The van der Waals surface area contributed by atoms with Crippen molar-refractivity contribution < 1.29 is 19.1 Å². The molecule has 6 heteroatoms. The monoisotopic (exact) mass is 330 g/mol. The first-order chi connectivity index (χ1) is 11.6. The van der Waals surface area contributed by atoms with Gasteiger partial charge < -0.3 is 20.5 Å². The van der Waals surface area contributed by atoms with Crippen LogP contribution in [0.1, 0.15) is 5.56 Å². The number of benzene rings is 2. The molecule has 0 aliphatic heterocycles. The van der Waals surface area contributed by atoms with E-state index >= 15 is 0 Å². The molecule has 6 nitrogen and oxygen atoms in total. The minimum atomic E-state index is -0.773. The summed E-state index contributed by atoms with van der Waals surface area (Å²) in [6, 6.07) is 13.1. The second-order valence-electron chi connectivity index (χ2n) is 5.45. The van der Waals surface area contributed by atoms with Crippen molar-refractivity contribution in [3.8, 4) is 0 Å². The summed E-state index contributed by atoms with van der Waals surface area (Å²) in [5.74, 6) is -0.955. The molecule has 0 bridgehead atoms. The number of carbonyl (C=O) groups is 2. The lowest BCUT2D eigenvalue weighted by molar-refractivity contribution is -0.130. The zero-order valence-electron chi connectivity index (χ0n) is 13.7. The van der Waals surface area contributed by atoms with Crippen molar-refractivity contribution in [2.45, 2.75) is 12.5 Å². The number of fused-ring (bicyclic) bond motifs is 1. The number of hydrogen-bond donors (Lipinski definition) is 2. The molecule has 0 saturated heterocycles. The molecule has 1 atom stereocenters. The zero-order chi connectivity index (χ0) is 17.4. The maximum Gasteiger partial charge on any atom is 0.246 e. The summed E-state index contributed by atoms with van der Waals surface area (Å²) in [5, 5.41) is 4.80. The summed E-state index contributed by atoms with van der Waals surface area (Å²) in [5.41, 5.74) is 6.34. The molecule has 24 heavy (non-hydrogen) atoms. The minimum absolute atomic E-state index is 0.134. The predicted octanol–water partition coefficient (Wildman–Crippen LogP) is 1.02. The first kappa shape index (κ1) is 17.9. The molecule has 0 radical (unpaired) electrons. The minimum Gasteiger partial charge on any atom is -0.382 e. The molecule has 0 spiro atoms. The van der Waals surface area contributed by atoms with Crippen LogP contribution in [0.2, 0.25) is 0 Å². The van der Waals surface area contributed by atoms with Crippen molar-refractivity contribution in [2.24, 2.45) is 5.73 Å². The fourth-order valence-corrected chi connectivity index (χ4v) is 2.37. The Bertz CT molecular complexity index is 702. The van der Waals surface area contributed by atoms with E-state index in [-0.39, 0.29) is 12.5 Å². The van der Waals surface area contributed by atoms with E-state index in [1.165, 1.54) is 0 Å². The lowest BCUT2D eigenvalue weighted by Crippen LogP contribution is -2.47. The van der Waals surface area contributed by atoms with E-state index < -0.39 is 11.9 Å². The molecule has 2 rings (SSSR count). The average molecular weight is 330 g/mol. The SMILES string of the molecule is COCCOCC(=O)N[C@H](Cc1ccc2ccccc2c1)C(N)=O. The van der Waals surface area contributed by atoms with E-state index in [2.05, 4.69) is 5.32 Å². The van der Waals surface area contributed by atoms with Crippen LogP contribution in [-0.4, -0.2) is 44.8 Å². The van der Waals surface area contributed by atoms with Crippen LogP contribution in [0.3, 0.4) is 0 Å². The number of hydrogen-bond acceptors (Lipinski definition) is 4. The Labute approximate surface area is 140 Å². The van der Waals surface area contributed by atoms with E-state index in [1.807, 2.05) is 42.5 Å². The zero-order valence-corrected chi connectivity index (χ0v) is 13.7. The Morgan fingerprint density at radius 3 is 2.58 bits per heavy atom. The Morgan fingerprint density at radius 2 is 1.88 bits per heavy atom. The van der Waals surface area contributed by atoms with Crippen molar-refractivity contribution in [1.82, 2.24) is 5.32 Å². The number of rotatable bonds is 9. The topological polar surface area (TPSA) is 90.7 Å². The molecular formula is C18H22N2O4. The van der Waals surface area contributed by atoms with Gasteiger partial charge in [0.25, 0.3) is 0 Å². The number of ether oxygens (including phenoxy) is 2. The number of nitrogens with one attached hydrogen (secondary N) is 1. The van der Waals surface area contributed by atoms with Gasteiger partial charge in [0.15, 0.2) is 0 Å². The van der Waals surface area contributed by atoms with Crippen molar-refractivity contribution in [3.63, 3.8) is 0 Å². The fraction of sp³-hybridized carbons (Fsp3) is 0.333. The third-order valence-electron chi connectivity index (χ3n) is 3.60. The van der Waals surface area contributed by atoms with Gasteiger partial charge in [0.1, 0.15) is 12.6 Å². The van der Waals surface area contributed by atoms with Gasteiger partial charge in [0, 0.05) is 13.5 Å². The van der Waals surface area contributed by atoms with E-state index in [1.54, 1.807) is 7.11 Å². The van der Waals surface area contributed by atoms with Gasteiger partial charge in [0.2, 0.25) is 11.8 Å². The summed E-state index contributed by atoms with van der Waals surface area (Å²) in [7, 11) is 1.55. The van der Waals surface area contributed by atoms with Crippen molar-refractivity contribution in [2.75, 3.05) is 26.9 Å². The van der Waals surface area contributed by atoms with Crippen molar-refractivity contribution in [1.29, 1.82) is 0 Å². The van der Waals surface area contributed by atoms with Gasteiger partial charge in [-0.2, -0.15) is 0 Å². The van der Waals surface area contributed by atoms with Crippen molar-refractivity contribution in [3.05, 3.63) is 48.0 Å². The van der Waals surface area contributed by atoms with Gasteiger partial charge in [-0.3, -0.25) is 9.59 Å². The van der Waals surface area contributed by atoms with Gasteiger partial charge in [-0.05, 0) is 16.3 Å². The smallest absolute Gasteiger partial charge is 0.246 e. The Morgan fingerprint density at radius 1 is 1.12 bits per heavy atom. The number of amides is 2. The molecule has 0 aromatic heterocycles. The molecular weight excluding hydrogens is 308 g/mol. The van der Waals surface area contributed by atoms with Crippen LogP contribution in [0.15, 0.2) is 42.5 Å². The highest BCUT2D eigenvalue weighted by atomic mass is 16.5. The summed E-state index contributed by atoms with van der Waals surface area (Å²) >= 11 is 0. The maximum absolute atomic E-state index is 11.8. The Balaban J connectivity index is 1.96. The largest absolute Gasteiger partial charge is 0.382 e. The first-order valence-corrected chi connectivity index (χ1v) is 7.73. The second kappa shape index (κ2) is 9.00. The lowest BCUT2D eigenvalue weighted by atomic mass is 10.0. The van der Waals surface area contributed by atoms with E-state index in [4.69, 9.17) is 15.2 Å². The van der Waals surface area contributed by atoms with E-state index in [9.17, 15) is 9.59 Å². The third kappa shape index (κ3) is 5.33. The summed E-state index contributed by atoms with van der Waals surface area (Å²) in [6.07, 6.45) is 0.337. The molecule has 0 aliphatic rings. The highest BCUT2D eigenvalue weighted by Crippen LogP contribution is 2.16. The molecule has 0 saturated carbocycles. The van der Waals surface area contributed by atoms with Gasteiger partial charge in [0.05, 0.1) is 13.2 Å². The molecule has 0 fully saturated rings. The molecule has 2 aromatic carbocycles. The van der Waals surface area contributed by atoms with Crippen molar-refractivity contribution >= 4 is 22.6 Å². The van der Waals surface area contributed by atoms with Gasteiger partial charge >= 0.3 is 0 Å². The molecule has 0 heterocycles. The Hall–Kier alpha value is -2.44. The molecule has 3 N–H and O–H groups in total. The second-order valence-corrected chi connectivity index (χ2v) is 5.45. The highest BCUT2D eigenvalue weighted by molar-refractivity contribution is 5.88. The fourth-order valence-electron chi connectivity index (χ4n) is 2.37. The Kier molecular flexibility index (Phi) is 6.72. The first-order valence-electron chi connectivity index (χ1n) is 7.73. The number of nitrogens with two attached hydrogens (primary N) is 1. The number of primary amides is 1. The van der Waals surface area contributed by atoms with Crippen LogP contribution >= 0.6 is 0 Å². The van der Waals surface area contributed by atoms with E-state index in [0.29, 0.717) is 19.6 Å². The molecule has 128 valence electrons. The molecule has 0 unspecified atom stereocenters. The maximum atomic E-state index is 11.8. The average Bonchev–Trinajstić information content (AvgIpc) is 2.58. The highest BCUT2D eigenvalue weighted by Gasteiger charge is 2.18. The van der Waals surface area contributed by atoms with Crippen LogP contribution in [0.25, 0.3) is 10.8 Å². The lowest BCUT2D eigenvalue weighted by Gasteiger charge is -2.16. The van der Waals surface area contributed by atoms with Gasteiger partial charge in [-0.1, -0.05) is 42.5 Å². The van der Waals surface area contributed by atoms with Crippen LogP contribution < -0.4 is 11.1 Å². The van der Waals surface area contributed by atoms with Crippen LogP contribution in [0, 0.1) is 0 Å². The summed E-state index contributed by atoms with van der Waals surface area (Å²) in [4.78, 5) is 23.5. The normalized spacial score (nSPS) is 12.0. The van der Waals surface area contributed by atoms with Crippen LogP contribution in [0.4, 0.5) is 0 Å². The quantitative estimate of drug-likeness (QED) is 0.672. The summed E-state index contributed by atoms with van der Waals surface area (Å²) < 4.78 is 9.96. The van der Waals surface area contributed by atoms with E-state index in [0.717, 1.165) is 16.3 Å². The molecule has 0 aliphatic carbocycles. The number of methoxy groups -OCH3 is 1. The standard InChI is InChI=1S/C18H22N2O4/c1-23-8-9-24-12-17(21)20-16(18(19)22)11-13-6-7-14-4-2-3-5-15(14)10-13/h2-7,10,16H,8-9,11-12H2,1H3,(H2,19,22)(H,20,21)/t16-/m1/s1. The molecule has 2 amide bonds. The number of carbonyl (C=O) groups excluding carboxylic acids is 2.